The zero-order valence-corrected chi connectivity index (χ0v) is 22.7. The van der Waals surface area contributed by atoms with E-state index in [2.05, 4.69) is 47.6 Å². The molecule has 0 spiro atoms. The quantitative estimate of drug-likeness (QED) is 0.163. The first-order valence-electron chi connectivity index (χ1n) is 13.8. The van der Waals surface area contributed by atoms with Gasteiger partial charge in [0.05, 0.1) is 17.6 Å². The number of allylic oxidation sites excluding steroid dienone is 3. The van der Waals surface area contributed by atoms with E-state index in [9.17, 15) is 4.39 Å². The molecule has 0 saturated carbocycles. The van der Waals surface area contributed by atoms with Crippen molar-refractivity contribution in [3.8, 4) is 0 Å². The van der Waals surface area contributed by atoms with Gasteiger partial charge < -0.3 is 19.8 Å². The fourth-order valence-electron chi connectivity index (χ4n) is 4.84. The van der Waals surface area contributed by atoms with Crippen LogP contribution in [-0.2, 0) is 35.8 Å². The number of hydrogen-bond acceptors (Lipinski definition) is 5. The van der Waals surface area contributed by atoms with Crippen molar-refractivity contribution in [2.45, 2.75) is 65.8 Å². The van der Waals surface area contributed by atoms with Gasteiger partial charge in [-0.05, 0) is 81.0 Å². The first-order chi connectivity index (χ1) is 18.6. The lowest BCUT2D eigenvalue weighted by atomic mass is 9.93. The van der Waals surface area contributed by atoms with Crippen LogP contribution in [0.4, 0.5) is 4.39 Å². The maximum absolute atomic E-state index is 13.7. The van der Waals surface area contributed by atoms with Gasteiger partial charge in [0.1, 0.15) is 25.0 Å². The fraction of sp³-hybridized carbons (Fsp3) is 0.452. The van der Waals surface area contributed by atoms with Crippen molar-refractivity contribution in [1.82, 2.24) is 14.5 Å². The Morgan fingerprint density at radius 3 is 2.74 bits per heavy atom. The van der Waals surface area contributed by atoms with Gasteiger partial charge in [0.15, 0.2) is 5.88 Å². The summed E-state index contributed by atoms with van der Waals surface area (Å²) in [7, 11) is 0. The number of aromatic nitrogens is 2. The van der Waals surface area contributed by atoms with Crippen molar-refractivity contribution in [3.05, 3.63) is 89.3 Å². The number of nitrogens with zero attached hydrogens (tertiary/aromatic N) is 3. The van der Waals surface area contributed by atoms with E-state index in [0.29, 0.717) is 18.2 Å². The molecule has 1 aromatic heterocycles. The molecule has 2 heterocycles. The molecule has 6 nitrogen and oxygen atoms in total. The van der Waals surface area contributed by atoms with Crippen LogP contribution >= 0.6 is 0 Å². The molecule has 4 rings (SSSR count). The molecule has 2 N–H and O–H groups in total. The predicted molar refractivity (Wildman–Crippen MR) is 151 cm³/mol. The first-order valence-corrected chi connectivity index (χ1v) is 13.8. The van der Waals surface area contributed by atoms with Crippen LogP contribution in [0, 0.1) is 11.7 Å². The van der Waals surface area contributed by atoms with Gasteiger partial charge in [-0.3, -0.25) is 4.90 Å². The fourth-order valence-corrected chi connectivity index (χ4v) is 4.84. The number of rotatable bonds is 13. The third kappa shape index (κ3) is 7.68. The molecular formula is C31H41FN4O2. The zero-order valence-electron chi connectivity index (χ0n) is 22.7. The van der Waals surface area contributed by atoms with Gasteiger partial charge in [-0.25, -0.2) is 9.37 Å². The van der Waals surface area contributed by atoms with E-state index in [4.69, 9.17) is 20.2 Å². The lowest BCUT2D eigenvalue weighted by Gasteiger charge is -2.31. The van der Waals surface area contributed by atoms with Gasteiger partial charge in [-0.15, -0.1) is 0 Å². The Morgan fingerprint density at radius 1 is 1.16 bits per heavy atom. The smallest absolute Gasteiger partial charge is 0.184 e. The summed E-state index contributed by atoms with van der Waals surface area (Å²) in [6, 6.07) is 13.1. The molecule has 1 fully saturated rings. The molecule has 0 atom stereocenters. The number of fused-ring (bicyclic) bond motifs is 1. The maximum Gasteiger partial charge on any atom is 0.184 e. The molecule has 3 aromatic rings. The van der Waals surface area contributed by atoms with Crippen LogP contribution in [0.15, 0.2) is 66.6 Å². The summed E-state index contributed by atoms with van der Waals surface area (Å²) in [4.78, 5) is 7.48. The highest BCUT2D eigenvalue weighted by Gasteiger charge is 2.21. The van der Waals surface area contributed by atoms with Crippen molar-refractivity contribution in [1.29, 1.82) is 0 Å². The summed E-state index contributed by atoms with van der Waals surface area (Å²) in [5.41, 5.74) is 9.95. The second-order valence-corrected chi connectivity index (χ2v) is 10.0. The number of likely N-dealkylation sites (tertiary alicyclic amines) is 1. The topological polar surface area (TPSA) is 65.5 Å². The highest BCUT2D eigenvalue weighted by atomic mass is 19.1. The number of aryl methyl sites for hydroxylation is 1. The number of piperidine rings is 1. The van der Waals surface area contributed by atoms with E-state index >= 15 is 0 Å². The molecule has 0 amide bonds. The minimum absolute atomic E-state index is 0.125. The van der Waals surface area contributed by atoms with Gasteiger partial charge in [-0.2, -0.15) is 0 Å². The first kappa shape index (κ1) is 27.9. The van der Waals surface area contributed by atoms with Crippen LogP contribution in [0.1, 0.15) is 56.5 Å². The van der Waals surface area contributed by atoms with Crippen LogP contribution in [0.25, 0.3) is 11.0 Å². The standard InChI is InChI=1S/C31H41FN4O2/c1-3-19-37-23-36-29-20-24(4-2)13-14-28(29)34-31(36)21-35-17-15-25(16-18-35)9-5-8-12-30(33)38-22-26-10-6-7-11-27(26)32/h5-8,10-14,20,25H,3-4,9,15-19,21-23,33H2,1-2H3/b8-5-,30-12+. The van der Waals surface area contributed by atoms with E-state index in [-0.39, 0.29) is 18.3 Å². The molecule has 2 aromatic carbocycles. The Bertz CT molecular complexity index is 1230. The lowest BCUT2D eigenvalue weighted by Crippen LogP contribution is -2.34. The molecule has 7 heteroatoms. The highest BCUT2D eigenvalue weighted by Crippen LogP contribution is 2.24. The number of benzene rings is 2. The van der Waals surface area contributed by atoms with Crippen LogP contribution in [0.5, 0.6) is 0 Å². The third-order valence-electron chi connectivity index (χ3n) is 7.16. The average molecular weight is 521 g/mol. The average Bonchev–Trinajstić information content (AvgIpc) is 3.27. The zero-order chi connectivity index (χ0) is 26.7. The number of nitrogens with two attached hydrogens (primary N) is 1. The minimum atomic E-state index is -0.283. The lowest BCUT2D eigenvalue weighted by molar-refractivity contribution is 0.0751. The molecule has 0 unspecified atom stereocenters. The normalized spacial score (nSPS) is 15.6. The Hall–Kier alpha value is -3.16. The summed E-state index contributed by atoms with van der Waals surface area (Å²) in [5.74, 6) is 1.74. The van der Waals surface area contributed by atoms with Gasteiger partial charge in [0.2, 0.25) is 0 Å². The Kier molecular flexibility index (Phi) is 10.4. The second-order valence-electron chi connectivity index (χ2n) is 10.0. The third-order valence-corrected chi connectivity index (χ3v) is 7.16. The molecule has 1 aliphatic heterocycles. The predicted octanol–water partition coefficient (Wildman–Crippen LogP) is 6.30. The monoisotopic (exact) mass is 520 g/mol. The Morgan fingerprint density at radius 2 is 1.97 bits per heavy atom. The van der Waals surface area contributed by atoms with E-state index in [1.165, 1.54) is 17.1 Å². The van der Waals surface area contributed by atoms with Crippen molar-refractivity contribution >= 4 is 11.0 Å². The van der Waals surface area contributed by atoms with E-state index in [1.807, 2.05) is 6.08 Å². The van der Waals surface area contributed by atoms with E-state index < -0.39 is 0 Å². The summed E-state index contributed by atoms with van der Waals surface area (Å²) < 4.78 is 27.3. The van der Waals surface area contributed by atoms with Gasteiger partial charge in [-0.1, -0.05) is 50.3 Å². The number of ether oxygens (including phenoxy) is 2. The second kappa shape index (κ2) is 14.1. The molecule has 0 radical (unpaired) electrons. The van der Waals surface area contributed by atoms with Crippen molar-refractivity contribution in [3.63, 3.8) is 0 Å². The molecule has 1 aliphatic rings. The molecule has 204 valence electrons. The van der Waals surface area contributed by atoms with Gasteiger partial charge in [0.25, 0.3) is 0 Å². The van der Waals surface area contributed by atoms with Crippen LogP contribution in [0.2, 0.25) is 0 Å². The molecule has 38 heavy (non-hydrogen) atoms. The van der Waals surface area contributed by atoms with Crippen molar-refractivity contribution in [2.24, 2.45) is 11.7 Å². The number of halogens is 1. The molecule has 0 aliphatic carbocycles. The SMILES string of the molecule is CCCOCn1c(CN2CCC(C/C=C\C=C(/N)OCc3ccccc3F)CC2)nc2ccc(CC)cc21. The van der Waals surface area contributed by atoms with Crippen LogP contribution in [-0.4, -0.2) is 34.1 Å². The van der Waals surface area contributed by atoms with Gasteiger partial charge >= 0.3 is 0 Å². The molecule has 0 bridgehead atoms. The van der Waals surface area contributed by atoms with E-state index in [0.717, 1.165) is 69.7 Å². The Balaban J connectivity index is 1.26. The van der Waals surface area contributed by atoms with Crippen LogP contribution < -0.4 is 5.73 Å². The maximum atomic E-state index is 13.7. The largest absolute Gasteiger partial charge is 0.474 e. The number of imidazole rings is 1. The van der Waals surface area contributed by atoms with Crippen molar-refractivity contribution in [2.75, 3.05) is 19.7 Å². The van der Waals surface area contributed by atoms with Gasteiger partial charge in [0, 0.05) is 12.2 Å². The summed E-state index contributed by atoms with van der Waals surface area (Å²) in [6.45, 7) is 8.70. The number of hydrogen-bond donors (Lipinski definition) is 1. The van der Waals surface area contributed by atoms with Crippen LogP contribution in [0.3, 0.4) is 0 Å². The Labute approximate surface area is 225 Å². The van der Waals surface area contributed by atoms with Crippen molar-refractivity contribution < 1.29 is 13.9 Å². The minimum Gasteiger partial charge on any atom is -0.474 e. The highest BCUT2D eigenvalue weighted by molar-refractivity contribution is 5.77. The van der Waals surface area contributed by atoms with E-state index in [1.54, 1.807) is 24.3 Å². The summed E-state index contributed by atoms with van der Waals surface area (Å²) in [6.07, 6.45) is 11.2. The molecular weight excluding hydrogens is 479 g/mol. The summed E-state index contributed by atoms with van der Waals surface area (Å²) >= 11 is 0. The summed E-state index contributed by atoms with van der Waals surface area (Å²) in [5, 5.41) is 0. The molecule has 1 saturated heterocycles.